The van der Waals surface area contributed by atoms with E-state index in [-0.39, 0.29) is 0 Å². The van der Waals surface area contributed by atoms with Crippen LogP contribution in [0.5, 0.6) is 0 Å². The van der Waals surface area contributed by atoms with Crippen LogP contribution >= 0.6 is 11.3 Å². The summed E-state index contributed by atoms with van der Waals surface area (Å²) in [5.74, 6) is 0. The molecule has 3 heterocycles. The van der Waals surface area contributed by atoms with Gasteiger partial charge in [-0.05, 0) is 37.8 Å². The fourth-order valence-corrected chi connectivity index (χ4v) is 4.74. The highest BCUT2D eigenvalue weighted by molar-refractivity contribution is 7.15. The maximum atomic E-state index is 4.83. The molecule has 3 nitrogen and oxygen atoms in total. The minimum atomic E-state index is 1.04. The molecule has 4 rings (SSSR count). The number of fused-ring (bicyclic) bond motifs is 1. The van der Waals surface area contributed by atoms with Crippen molar-refractivity contribution in [3.05, 3.63) is 46.7 Å². The normalized spacial score (nSPS) is 15.0. The molecule has 120 valence electrons. The van der Waals surface area contributed by atoms with Gasteiger partial charge < -0.3 is 9.47 Å². The highest BCUT2D eigenvalue weighted by Crippen LogP contribution is 2.32. The minimum absolute atomic E-state index is 1.04. The van der Waals surface area contributed by atoms with E-state index in [0.29, 0.717) is 0 Å². The highest BCUT2D eigenvalue weighted by Gasteiger charge is 2.18. The van der Waals surface area contributed by atoms with E-state index >= 15 is 0 Å². The summed E-state index contributed by atoms with van der Waals surface area (Å²) < 4.78 is 2.23. The van der Waals surface area contributed by atoms with Gasteiger partial charge in [-0.15, -0.1) is 11.3 Å². The van der Waals surface area contributed by atoms with E-state index in [2.05, 4.69) is 53.9 Å². The summed E-state index contributed by atoms with van der Waals surface area (Å²) in [6.07, 6.45) is 7.01. The topological polar surface area (TPSA) is 21.1 Å². The van der Waals surface area contributed by atoms with Crippen molar-refractivity contribution in [3.63, 3.8) is 0 Å². The lowest BCUT2D eigenvalue weighted by Crippen LogP contribution is -2.16. The van der Waals surface area contributed by atoms with Gasteiger partial charge in [-0.3, -0.25) is 0 Å². The van der Waals surface area contributed by atoms with Crippen LogP contribution in [0.1, 0.15) is 29.1 Å². The molecule has 0 N–H and O–H groups in total. The second-order valence-electron chi connectivity index (χ2n) is 6.47. The molecule has 0 unspecified atom stereocenters. The fraction of sp³-hybridized carbons (Fsp3) is 0.421. The maximum Gasteiger partial charge on any atom is 0.114 e. The largest absolute Gasteiger partial charge is 0.362 e. The van der Waals surface area contributed by atoms with Crippen LogP contribution in [-0.2, 0) is 19.9 Å². The van der Waals surface area contributed by atoms with Gasteiger partial charge in [0.1, 0.15) is 5.00 Å². The van der Waals surface area contributed by atoms with Gasteiger partial charge in [0, 0.05) is 43.7 Å². The van der Waals surface area contributed by atoms with Crippen LogP contribution < -0.4 is 4.90 Å². The molecule has 0 atom stereocenters. The molecule has 0 radical (unpaired) electrons. The summed E-state index contributed by atoms with van der Waals surface area (Å²) in [5, 5.41) is 4.05. The monoisotopic (exact) mass is 325 g/mol. The van der Waals surface area contributed by atoms with Gasteiger partial charge in [0.15, 0.2) is 0 Å². The predicted octanol–water partition coefficient (Wildman–Crippen LogP) is 4.33. The maximum absolute atomic E-state index is 4.83. The quantitative estimate of drug-likeness (QED) is 0.712. The summed E-state index contributed by atoms with van der Waals surface area (Å²) in [6.45, 7) is 4.56. The zero-order valence-electron chi connectivity index (χ0n) is 13.9. The average Bonchev–Trinajstić information content (AvgIpc) is 3.26. The second-order valence-corrected chi connectivity index (χ2v) is 7.54. The molecule has 4 heteroatoms. The minimum Gasteiger partial charge on any atom is -0.362 e. The first-order valence-electron chi connectivity index (χ1n) is 8.46. The smallest absolute Gasteiger partial charge is 0.114 e. The summed E-state index contributed by atoms with van der Waals surface area (Å²) in [4.78, 5) is 7.34. The molecule has 1 saturated heterocycles. The van der Waals surface area contributed by atoms with Crippen molar-refractivity contribution < 1.29 is 0 Å². The predicted molar refractivity (Wildman–Crippen MR) is 98.6 cm³/mol. The lowest BCUT2D eigenvalue weighted by molar-refractivity contribution is 0.911. The number of thiazole rings is 1. The third-order valence-electron chi connectivity index (χ3n) is 4.80. The van der Waals surface area contributed by atoms with E-state index in [0.717, 1.165) is 12.8 Å². The molecule has 0 saturated carbocycles. The van der Waals surface area contributed by atoms with Gasteiger partial charge in [0.25, 0.3) is 0 Å². The van der Waals surface area contributed by atoms with Crippen LogP contribution in [0, 0.1) is 6.92 Å². The van der Waals surface area contributed by atoms with E-state index in [4.69, 9.17) is 4.98 Å². The lowest BCUT2D eigenvalue weighted by atomic mass is 10.1. The molecule has 2 aromatic heterocycles. The molecule has 0 bridgehead atoms. The molecular weight excluding hydrogens is 302 g/mol. The molecule has 1 aromatic carbocycles. The van der Waals surface area contributed by atoms with E-state index < -0.39 is 0 Å². The number of aromatic nitrogens is 2. The van der Waals surface area contributed by atoms with Crippen molar-refractivity contribution in [2.45, 2.75) is 32.6 Å². The number of anilines is 1. The van der Waals surface area contributed by atoms with Crippen molar-refractivity contribution in [2.75, 3.05) is 18.0 Å². The Morgan fingerprint density at radius 2 is 1.91 bits per heavy atom. The number of rotatable bonds is 4. The van der Waals surface area contributed by atoms with Crippen LogP contribution in [-0.4, -0.2) is 22.6 Å². The van der Waals surface area contributed by atoms with E-state index in [1.54, 1.807) is 0 Å². The van der Waals surface area contributed by atoms with Gasteiger partial charge in [-0.25, -0.2) is 4.98 Å². The number of hydrogen-bond donors (Lipinski definition) is 0. The SMILES string of the molecule is Cc1nc(CCc2cn(C)c3ccccc23)sc1N1CCCC1. The number of benzene rings is 1. The van der Waals surface area contributed by atoms with E-state index in [1.165, 1.54) is 58.1 Å². The van der Waals surface area contributed by atoms with Crippen molar-refractivity contribution in [1.82, 2.24) is 9.55 Å². The molecule has 0 amide bonds. The first kappa shape index (κ1) is 14.8. The molecule has 0 spiro atoms. The standard InChI is InChI=1S/C19H23N3S/c1-14-19(22-11-5-6-12-22)23-18(20-14)10-9-15-13-21(2)17-8-4-3-7-16(15)17/h3-4,7-8,13H,5-6,9-12H2,1-2H3. The molecule has 1 fully saturated rings. The summed E-state index contributed by atoms with van der Waals surface area (Å²) in [6, 6.07) is 8.66. The Morgan fingerprint density at radius 3 is 2.74 bits per heavy atom. The van der Waals surface area contributed by atoms with Crippen LogP contribution in [0.3, 0.4) is 0 Å². The molecule has 3 aromatic rings. The summed E-state index contributed by atoms with van der Waals surface area (Å²) in [7, 11) is 2.13. The Labute approximate surface area is 141 Å². The highest BCUT2D eigenvalue weighted by atomic mass is 32.1. The second kappa shape index (κ2) is 6.00. The molecular formula is C19H23N3S. The zero-order chi connectivity index (χ0) is 15.8. The van der Waals surface area contributed by atoms with Crippen molar-refractivity contribution >= 4 is 27.2 Å². The van der Waals surface area contributed by atoms with Crippen LogP contribution in [0.4, 0.5) is 5.00 Å². The van der Waals surface area contributed by atoms with Gasteiger partial charge in [0.05, 0.1) is 10.7 Å². The summed E-state index contributed by atoms with van der Waals surface area (Å²) in [5.41, 5.74) is 3.96. The zero-order valence-corrected chi connectivity index (χ0v) is 14.7. The number of nitrogens with zero attached hydrogens (tertiary/aromatic N) is 3. The molecule has 0 aliphatic carbocycles. The summed E-state index contributed by atoms with van der Waals surface area (Å²) >= 11 is 1.90. The number of hydrogen-bond acceptors (Lipinski definition) is 3. The molecule has 1 aliphatic heterocycles. The Kier molecular flexibility index (Phi) is 3.85. The number of para-hydroxylation sites is 1. The number of aryl methyl sites for hydroxylation is 4. The third-order valence-corrected chi connectivity index (χ3v) is 6.08. The first-order valence-corrected chi connectivity index (χ1v) is 9.28. The van der Waals surface area contributed by atoms with Crippen LogP contribution in [0.2, 0.25) is 0 Å². The Hall–Kier alpha value is -1.81. The Balaban J connectivity index is 1.53. The average molecular weight is 325 g/mol. The molecule has 1 aliphatic rings. The van der Waals surface area contributed by atoms with Gasteiger partial charge in [-0.1, -0.05) is 18.2 Å². The Bertz CT molecular complexity index is 824. The van der Waals surface area contributed by atoms with Crippen molar-refractivity contribution in [2.24, 2.45) is 7.05 Å². The molecule has 23 heavy (non-hydrogen) atoms. The Morgan fingerprint density at radius 1 is 1.13 bits per heavy atom. The fourth-order valence-electron chi connectivity index (χ4n) is 3.63. The van der Waals surface area contributed by atoms with Crippen molar-refractivity contribution in [3.8, 4) is 0 Å². The lowest BCUT2D eigenvalue weighted by Gasteiger charge is -2.14. The van der Waals surface area contributed by atoms with E-state index in [9.17, 15) is 0 Å². The van der Waals surface area contributed by atoms with Gasteiger partial charge in [0.2, 0.25) is 0 Å². The van der Waals surface area contributed by atoms with Crippen molar-refractivity contribution in [1.29, 1.82) is 0 Å². The third kappa shape index (κ3) is 2.76. The van der Waals surface area contributed by atoms with Crippen LogP contribution in [0.15, 0.2) is 30.5 Å². The first-order chi connectivity index (χ1) is 11.2. The van der Waals surface area contributed by atoms with Gasteiger partial charge in [-0.2, -0.15) is 0 Å². The van der Waals surface area contributed by atoms with Gasteiger partial charge >= 0.3 is 0 Å². The van der Waals surface area contributed by atoms with Crippen LogP contribution in [0.25, 0.3) is 10.9 Å². The van der Waals surface area contributed by atoms with E-state index in [1.807, 2.05) is 11.3 Å².